The highest BCUT2D eigenvalue weighted by molar-refractivity contribution is 7.89. The summed E-state index contributed by atoms with van der Waals surface area (Å²) in [5, 5.41) is -1.01. The van der Waals surface area contributed by atoms with Gasteiger partial charge in [-0.3, -0.25) is 9.97 Å². The molecule has 0 aliphatic rings. The second kappa shape index (κ2) is 12.3. The van der Waals surface area contributed by atoms with Gasteiger partial charge in [0.25, 0.3) is 0 Å². The Morgan fingerprint density at radius 2 is 1.44 bits per heavy atom. The number of hydrogen-bond donors (Lipinski definition) is 0. The molecule has 0 aliphatic heterocycles. The van der Waals surface area contributed by atoms with Gasteiger partial charge in [0.05, 0.1) is 24.7 Å². The van der Waals surface area contributed by atoms with Crippen molar-refractivity contribution in [2.24, 2.45) is 0 Å². The van der Waals surface area contributed by atoms with E-state index in [0.717, 1.165) is 28.1 Å². The fraction of sp³-hybridized carbons (Fsp3) is 0.467. The maximum atomic E-state index is 14.4. The summed E-state index contributed by atoms with van der Waals surface area (Å²) in [7, 11) is -4.63. The number of benzene rings is 2. The predicted molar refractivity (Wildman–Crippen MR) is 160 cm³/mol. The number of ether oxygens (including phenoxy) is 1. The van der Waals surface area contributed by atoms with E-state index in [-0.39, 0.29) is 18.1 Å². The summed E-state index contributed by atoms with van der Waals surface area (Å²) in [5.41, 5.74) is 4.21. The largest absolute Gasteiger partial charge is 0.497 e. The van der Waals surface area contributed by atoms with Crippen LogP contribution in [0.25, 0.3) is 0 Å². The molecular formula is C30H43N3O4SSi. The van der Waals surface area contributed by atoms with Crippen LogP contribution in [0.15, 0.2) is 60.9 Å². The SMILES string of the molecule is COc1ccc(CN(Cc2ccc(C)cc2)S(=O)(=O)[C@@H](C)[C@@H](O[Si](C)(C)C(C)(C)C)c2cnc(C)cn2)cc1. The Balaban J connectivity index is 2.05. The maximum Gasteiger partial charge on any atom is 0.220 e. The molecule has 0 amide bonds. The van der Waals surface area contributed by atoms with E-state index >= 15 is 0 Å². The van der Waals surface area contributed by atoms with Crippen LogP contribution in [0.3, 0.4) is 0 Å². The third-order valence-electron chi connectivity index (χ3n) is 7.57. The average molecular weight is 570 g/mol. The highest BCUT2D eigenvalue weighted by atomic mass is 32.2. The molecule has 0 bridgehead atoms. The van der Waals surface area contributed by atoms with Crippen molar-refractivity contribution >= 4 is 18.3 Å². The number of sulfonamides is 1. The summed E-state index contributed by atoms with van der Waals surface area (Å²) >= 11 is 0. The fourth-order valence-electron chi connectivity index (χ4n) is 3.90. The molecular weight excluding hydrogens is 527 g/mol. The van der Waals surface area contributed by atoms with Crippen LogP contribution in [-0.2, 0) is 27.5 Å². The second-order valence-electron chi connectivity index (χ2n) is 11.7. The van der Waals surface area contributed by atoms with Crippen LogP contribution in [-0.4, -0.2) is 43.4 Å². The number of aromatic nitrogens is 2. The molecule has 0 saturated carbocycles. The smallest absolute Gasteiger partial charge is 0.220 e. The highest BCUT2D eigenvalue weighted by Crippen LogP contribution is 2.41. The zero-order valence-corrected chi connectivity index (χ0v) is 26.5. The Kier molecular flexibility index (Phi) is 9.75. The molecule has 2 aromatic carbocycles. The average Bonchev–Trinajstić information content (AvgIpc) is 2.88. The summed E-state index contributed by atoms with van der Waals surface area (Å²) in [6.45, 7) is 16.7. The lowest BCUT2D eigenvalue weighted by atomic mass is 10.1. The molecule has 9 heteroatoms. The van der Waals surface area contributed by atoms with Gasteiger partial charge in [-0.15, -0.1) is 0 Å². The molecule has 0 N–H and O–H groups in total. The summed E-state index contributed by atoms with van der Waals surface area (Å²) in [4.78, 5) is 8.99. The number of rotatable bonds is 11. The summed E-state index contributed by atoms with van der Waals surface area (Å²) in [6, 6.07) is 15.5. The Morgan fingerprint density at radius 1 is 0.897 bits per heavy atom. The number of hydrogen-bond acceptors (Lipinski definition) is 6. The molecule has 3 aromatic rings. The third-order valence-corrected chi connectivity index (χ3v) is 14.2. The van der Waals surface area contributed by atoms with Crippen molar-refractivity contribution in [1.29, 1.82) is 0 Å². The van der Waals surface area contributed by atoms with Gasteiger partial charge in [0.2, 0.25) is 10.0 Å². The second-order valence-corrected chi connectivity index (χ2v) is 18.8. The molecule has 3 rings (SSSR count). The number of aryl methyl sites for hydroxylation is 2. The van der Waals surface area contributed by atoms with Crippen molar-refractivity contribution in [2.45, 2.75) is 84.1 Å². The first-order valence-electron chi connectivity index (χ1n) is 13.3. The standard InChI is InChI=1S/C30H43N3O4SSi/c1-22-10-12-25(13-11-22)20-33(21-26-14-16-27(36-7)17-15-26)38(34,35)24(3)29(28-19-31-23(2)18-32-28)37-39(8,9)30(4,5)6/h10-19,24,29H,20-21H2,1-9H3/t24-,29+/m0/s1. The van der Waals surface area contributed by atoms with Gasteiger partial charge in [-0.2, -0.15) is 4.31 Å². The van der Waals surface area contributed by atoms with E-state index in [0.29, 0.717) is 5.69 Å². The van der Waals surface area contributed by atoms with Crippen molar-refractivity contribution in [3.63, 3.8) is 0 Å². The Hall–Kier alpha value is -2.59. The minimum atomic E-state index is -3.87. The molecule has 0 fully saturated rings. The summed E-state index contributed by atoms with van der Waals surface area (Å²) in [5.74, 6) is 0.723. The van der Waals surface area contributed by atoms with Crippen molar-refractivity contribution in [3.8, 4) is 5.75 Å². The van der Waals surface area contributed by atoms with Gasteiger partial charge in [0.15, 0.2) is 8.32 Å². The highest BCUT2D eigenvalue weighted by Gasteiger charge is 2.44. The topological polar surface area (TPSA) is 81.6 Å². The molecule has 0 spiro atoms. The predicted octanol–water partition coefficient (Wildman–Crippen LogP) is 6.59. The van der Waals surface area contributed by atoms with Crippen molar-refractivity contribution in [1.82, 2.24) is 14.3 Å². The molecule has 1 aromatic heterocycles. The van der Waals surface area contributed by atoms with Gasteiger partial charge in [0.1, 0.15) is 17.1 Å². The van der Waals surface area contributed by atoms with Crippen LogP contribution in [0, 0.1) is 13.8 Å². The van der Waals surface area contributed by atoms with Crippen LogP contribution < -0.4 is 4.74 Å². The van der Waals surface area contributed by atoms with Gasteiger partial charge in [-0.1, -0.05) is 62.7 Å². The molecule has 212 valence electrons. The first-order valence-corrected chi connectivity index (χ1v) is 17.7. The van der Waals surface area contributed by atoms with Gasteiger partial charge in [0, 0.05) is 19.3 Å². The van der Waals surface area contributed by atoms with Crippen LogP contribution >= 0.6 is 0 Å². The molecule has 1 heterocycles. The van der Waals surface area contributed by atoms with E-state index in [4.69, 9.17) is 9.16 Å². The molecule has 2 atom stereocenters. The van der Waals surface area contributed by atoms with Crippen LogP contribution in [0.1, 0.15) is 61.9 Å². The lowest BCUT2D eigenvalue weighted by Crippen LogP contribution is -2.47. The van der Waals surface area contributed by atoms with E-state index in [1.54, 1.807) is 30.7 Å². The first kappa shape index (κ1) is 30.9. The molecule has 0 saturated heterocycles. The molecule has 0 unspecified atom stereocenters. The van der Waals surface area contributed by atoms with E-state index < -0.39 is 29.7 Å². The van der Waals surface area contributed by atoms with Crippen molar-refractivity contribution < 1.29 is 17.6 Å². The van der Waals surface area contributed by atoms with Gasteiger partial charge in [-0.25, -0.2) is 8.42 Å². The molecule has 0 radical (unpaired) electrons. The Bertz CT molecular complexity index is 1320. The van der Waals surface area contributed by atoms with Gasteiger partial charge in [-0.05, 0) is 62.2 Å². The zero-order chi connectivity index (χ0) is 29.0. The van der Waals surface area contributed by atoms with Crippen LogP contribution in [0.4, 0.5) is 0 Å². The van der Waals surface area contributed by atoms with Gasteiger partial charge >= 0.3 is 0 Å². The summed E-state index contributed by atoms with van der Waals surface area (Å²) in [6.07, 6.45) is 2.55. The van der Waals surface area contributed by atoms with E-state index in [1.807, 2.05) is 62.4 Å². The minimum Gasteiger partial charge on any atom is -0.497 e. The number of methoxy groups -OCH3 is 1. The minimum absolute atomic E-state index is 0.114. The van der Waals surface area contributed by atoms with Crippen molar-refractivity contribution in [3.05, 3.63) is 89.0 Å². The molecule has 39 heavy (non-hydrogen) atoms. The zero-order valence-electron chi connectivity index (χ0n) is 24.7. The molecule has 0 aliphatic carbocycles. The lowest BCUT2D eigenvalue weighted by Gasteiger charge is -2.41. The number of nitrogens with zero attached hydrogens (tertiary/aromatic N) is 3. The Morgan fingerprint density at radius 3 is 1.90 bits per heavy atom. The third kappa shape index (κ3) is 7.75. The van der Waals surface area contributed by atoms with E-state index in [9.17, 15) is 8.42 Å². The lowest BCUT2D eigenvalue weighted by molar-refractivity contribution is 0.173. The fourth-order valence-corrected chi connectivity index (χ4v) is 6.95. The monoisotopic (exact) mass is 569 g/mol. The van der Waals surface area contributed by atoms with E-state index in [2.05, 4.69) is 43.8 Å². The van der Waals surface area contributed by atoms with Gasteiger partial charge < -0.3 is 9.16 Å². The summed E-state index contributed by atoms with van der Waals surface area (Å²) < 4.78 is 42.5. The van der Waals surface area contributed by atoms with Crippen LogP contribution in [0.2, 0.25) is 18.1 Å². The maximum absolute atomic E-state index is 14.4. The van der Waals surface area contributed by atoms with Crippen LogP contribution in [0.5, 0.6) is 5.75 Å². The normalized spacial score (nSPS) is 14.3. The molecule has 7 nitrogen and oxygen atoms in total. The Labute approximate surface area is 235 Å². The first-order chi connectivity index (χ1) is 18.1. The quantitative estimate of drug-likeness (QED) is 0.243. The van der Waals surface area contributed by atoms with Crippen molar-refractivity contribution in [2.75, 3.05) is 7.11 Å². The van der Waals surface area contributed by atoms with E-state index in [1.165, 1.54) is 0 Å².